The molecule has 2 aromatic heterocycles. The molecule has 1 aliphatic rings. The van der Waals surface area contributed by atoms with Crippen molar-refractivity contribution in [3.8, 4) is 11.4 Å². The largest absolute Gasteiger partial charge is 0.349 e. The molecule has 0 saturated carbocycles. The molecule has 0 aliphatic carbocycles. The van der Waals surface area contributed by atoms with Gasteiger partial charge in [-0.15, -0.1) is 0 Å². The number of hydrogen-bond acceptors (Lipinski definition) is 2. The van der Waals surface area contributed by atoms with Crippen molar-refractivity contribution in [1.29, 1.82) is 0 Å². The van der Waals surface area contributed by atoms with Gasteiger partial charge >= 0.3 is 0 Å². The monoisotopic (exact) mass is 654 g/mol. The molecule has 0 N–H and O–H groups in total. The molecule has 10 rings (SSSR count). The third kappa shape index (κ3) is 4.72. The van der Waals surface area contributed by atoms with Gasteiger partial charge in [-0.25, -0.2) is 0 Å². The Kier molecular flexibility index (Phi) is 6.75. The first-order valence-electron chi connectivity index (χ1n) is 17.5. The van der Waals surface area contributed by atoms with Gasteiger partial charge in [0, 0.05) is 45.7 Å². The van der Waals surface area contributed by atoms with Crippen LogP contribution in [-0.2, 0) is 0 Å². The van der Waals surface area contributed by atoms with Crippen LogP contribution in [0.2, 0.25) is 0 Å². The van der Waals surface area contributed by atoms with Crippen molar-refractivity contribution in [1.82, 2.24) is 14.0 Å². The molecule has 0 amide bonds. The normalized spacial score (nSPS) is 14.8. The lowest BCUT2D eigenvalue weighted by molar-refractivity contribution is 0.364. The van der Waals surface area contributed by atoms with Gasteiger partial charge in [-0.3, -0.25) is 4.99 Å². The van der Waals surface area contributed by atoms with Crippen LogP contribution in [0.4, 0.5) is 0 Å². The van der Waals surface area contributed by atoms with E-state index in [0.717, 1.165) is 33.9 Å². The van der Waals surface area contributed by atoms with Gasteiger partial charge < -0.3 is 14.0 Å². The highest BCUT2D eigenvalue weighted by molar-refractivity contribution is 6.19. The van der Waals surface area contributed by atoms with E-state index < -0.39 is 0 Å². The lowest BCUT2D eigenvalue weighted by Gasteiger charge is -2.34. The number of aliphatic imine (C=N–C) groups is 1. The van der Waals surface area contributed by atoms with Crippen LogP contribution >= 0.6 is 0 Å². The fraction of sp³-hybridized carbons (Fsp3) is 0.0426. The van der Waals surface area contributed by atoms with Crippen LogP contribution in [0, 0.1) is 0 Å². The number of aromatic nitrogens is 2. The quantitative estimate of drug-likeness (QED) is 0.181. The number of benzene rings is 7. The first kappa shape index (κ1) is 29.3. The van der Waals surface area contributed by atoms with Crippen molar-refractivity contribution in [3.05, 3.63) is 199 Å². The summed E-state index contributed by atoms with van der Waals surface area (Å²) in [5.41, 5.74) is 12.6. The molecule has 1 aliphatic heterocycles. The lowest BCUT2D eigenvalue weighted by atomic mass is 10.0. The van der Waals surface area contributed by atoms with E-state index in [4.69, 9.17) is 4.99 Å². The molecule has 0 fully saturated rings. The van der Waals surface area contributed by atoms with Crippen LogP contribution in [0.5, 0.6) is 0 Å². The van der Waals surface area contributed by atoms with E-state index in [0.29, 0.717) is 0 Å². The zero-order chi connectivity index (χ0) is 33.9. The molecule has 3 heterocycles. The maximum atomic E-state index is 5.32. The Morgan fingerprint density at radius 2 is 0.922 bits per heavy atom. The van der Waals surface area contributed by atoms with Crippen LogP contribution in [0.1, 0.15) is 22.9 Å². The Balaban J connectivity index is 1.14. The van der Waals surface area contributed by atoms with Crippen LogP contribution in [0.15, 0.2) is 187 Å². The van der Waals surface area contributed by atoms with Crippen LogP contribution in [0.3, 0.4) is 0 Å². The first-order chi connectivity index (χ1) is 25.2. The number of allylic oxidation sites excluding steroid dienone is 1. The molecule has 1 atom stereocenters. The van der Waals surface area contributed by atoms with Gasteiger partial charge in [-0.05, 0) is 71.3 Å². The van der Waals surface area contributed by atoms with Crippen molar-refractivity contribution in [3.63, 3.8) is 0 Å². The summed E-state index contributed by atoms with van der Waals surface area (Å²) in [5.74, 6) is 0. The van der Waals surface area contributed by atoms with Crippen LogP contribution in [-0.4, -0.2) is 26.8 Å². The number of nitrogens with zero attached hydrogens (tertiary/aromatic N) is 4. The summed E-state index contributed by atoms with van der Waals surface area (Å²) >= 11 is 0. The maximum absolute atomic E-state index is 5.32. The average Bonchev–Trinajstić information content (AvgIpc) is 3.70. The topological polar surface area (TPSA) is 25.5 Å². The molecule has 1 unspecified atom stereocenters. The fourth-order valence-electron chi connectivity index (χ4n) is 7.94. The zero-order valence-electron chi connectivity index (χ0n) is 28.2. The molecule has 0 spiro atoms. The summed E-state index contributed by atoms with van der Waals surface area (Å²) in [4.78, 5) is 7.61. The molecule has 4 nitrogen and oxygen atoms in total. The van der Waals surface area contributed by atoms with E-state index in [1.54, 1.807) is 0 Å². The third-order valence-electron chi connectivity index (χ3n) is 10.4. The van der Waals surface area contributed by atoms with Crippen molar-refractivity contribution in [2.24, 2.45) is 4.99 Å². The molecule has 51 heavy (non-hydrogen) atoms. The van der Waals surface area contributed by atoms with E-state index in [1.807, 2.05) is 0 Å². The molecular weight excluding hydrogens is 621 g/mol. The SMILES string of the molecule is CN1C(c2ccccc2)=CC(c2ccccc2)=NC1c1ccc(-n2c3ccccc3c3cc4c5ccccc5n(-c5ccccc5)c4cc32)cc1. The second kappa shape index (κ2) is 11.7. The molecule has 4 heteroatoms. The molecule has 0 saturated heterocycles. The minimum atomic E-state index is -0.172. The van der Waals surface area contributed by atoms with E-state index in [9.17, 15) is 0 Å². The molecular formula is C47H34N4. The Bertz CT molecular complexity index is 2790. The van der Waals surface area contributed by atoms with Crippen molar-refractivity contribution in [2.75, 3.05) is 7.05 Å². The van der Waals surface area contributed by atoms with Gasteiger partial charge in [0.25, 0.3) is 0 Å². The molecule has 0 bridgehead atoms. The van der Waals surface area contributed by atoms with Gasteiger partial charge in [0.15, 0.2) is 0 Å². The second-order valence-electron chi connectivity index (χ2n) is 13.3. The minimum Gasteiger partial charge on any atom is -0.349 e. The summed E-state index contributed by atoms with van der Waals surface area (Å²) in [5, 5.41) is 5.02. The maximum Gasteiger partial charge on any atom is 0.147 e. The van der Waals surface area contributed by atoms with Gasteiger partial charge in [-0.1, -0.05) is 127 Å². The predicted molar refractivity (Wildman–Crippen MR) is 213 cm³/mol. The standard InChI is InChI=1S/C47H34N4/c1-49-44(33-17-7-3-8-18-33)30-41(32-15-5-2-6-16-32)48-47(49)34-25-27-36(28-26-34)51-43-24-14-12-22-38(43)40-29-39-37-21-11-13-23-42(37)50(45(39)31-46(40)51)35-19-9-4-10-20-35/h2-31,47H,1H3. The van der Waals surface area contributed by atoms with Crippen molar-refractivity contribution < 1.29 is 0 Å². The Labute approximate surface area is 296 Å². The van der Waals surface area contributed by atoms with E-state index in [-0.39, 0.29) is 6.17 Å². The van der Waals surface area contributed by atoms with Gasteiger partial charge in [-0.2, -0.15) is 0 Å². The van der Waals surface area contributed by atoms with Crippen LogP contribution in [0.25, 0.3) is 60.7 Å². The number of hydrogen-bond donors (Lipinski definition) is 0. The predicted octanol–water partition coefficient (Wildman–Crippen LogP) is 11.4. The molecule has 9 aromatic rings. The highest BCUT2D eigenvalue weighted by Gasteiger charge is 2.25. The first-order valence-corrected chi connectivity index (χ1v) is 17.5. The minimum absolute atomic E-state index is 0.172. The second-order valence-corrected chi connectivity index (χ2v) is 13.3. The smallest absolute Gasteiger partial charge is 0.147 e. The molecule has 0 radical (unpaired) electrons. The lowest BCUT2D eigenvalue weighted by Crippen LogP contribution is -2.27. The Morgan fingerprint density at radius 3 is 1.51 bits per heavy atom. The van der Waals surface area contributed by atoms with Gasteiger partial charge in [0.2, 0.25) is 0 Å². The fourth-order valence-corrected chi connectivity index (χ4v) is 7.94. The van der Waals surface area contributed by atoms with E-state index in [2.05, 4.69) is 203 Å². The number of fused-ring (bicyclic) bond motifs is 6. The van der Waals surface area contributed by atoms with E-state index in [1.165, 1.54) is 49.2 Å². The third-order valence-corrected chi connectivity index (χ3v) is 10.4. The van der Waals surface area contributed by atoms with Crippen molar-refractivity contribution in [2.45, 2.75) is 6.17 Å². The summed E-state index contributed by atoms with van der Waals surface area (Å²) in [6, 6.07) is 63.1. The van der Waals surface area contributed by atoms with Gasteiger partial charge in [0.05, 0.1) is 27.8 Å². The Hall–Kier alpha value is -6.65. The zero-order valence-corrected chi connectivity index (χ0v) is 28.2. The van der Waals surface area contributed by atoms with Crippen molar-refractivity contribution >= 4 is 55.0 Å². The Morgan fingerprint density at radius 1 is 0.431 bits per heavy atom. The highest BCUT2D eigenvalue weighted by atomic mass is 15.2. The summed E-state index contributed by atoms with van der Waals surface area (Å²) in [6.07, 6.45) is 2.04. The average molecular weight is 655 g/mol. The summed E-state index contributed by atoms with van der Waals surface area (Å²) in [7, 11) is 2.15. The van der Waals surface area contributed by atoms with Gasteiger partial charge in [0.1, 0.15) is 6.17 Å². The summed E-state index contributed by atoms with van der Waals surface area (Å²) < 4.78 is 4.81. The molecule has 7 aromatic carbocycles. The number of para-hydroxylation sites is 3. The molecule has 242 valence electrons. The summed E-state index contributed by atoms with van der Waals surface area (Å²) in [6.45, 7) is 0. The van der Waals surface area contributed by atoms with Crippen LogP contribution < -0.4 is 0 Å². The number of rotatable bonds is 5. The van der Waals surface area contributed by atoms with E-state index >= 15 is 0 Å². The highest BCUT2D eigenvalue weighted by Crippen LogP contribution is 2.40.